The van der Waals surface area contributed by atoms with Crippen molar-refractivity contribution < 1.29 is 29.0 Å². The molecule has 2 amide bonds. The molecule has 3 atom stereocenters. The first-order valence-corrected chi connectivity index (χ1v) is 8.57. The van der Waals surface area contributed by atoms with Gasteiger partial charge in [-0.2, -0.15) is 5.06 Å². The van der Waals surface area contributed by atoms with Gasteiger partial charge < -0.3 is 14.6 Å². The molecule has 142 valence electrons. The number of benzene rings is 1. The van der Waals surface area contributed by atoms with Crippen molar-refractivity contribution in [3.8, 4) is 0 Å². The highest BCUT2D eigenvalue weighted by Gasteiger charge is 2.54. The molecule has 2 fully saturated rings. The van der Waals surface area contributed by atoms with Gasteiger partial charge in [0.2, 0.25) is 0 Å². The SMILES string of the molecule is CC(C)(C)OC(=O)N1CC(O)[C@@H]2[C@H]1CON2C(=O)OCc1ccccc1. The summed E-state index contributed by atoms with van der Waals surface area (Å²) in [7, 11) is 0. The lowest BCUT2D eigenvalue weighted by Crippen LogP contribution is -2.45. The second kappa shape index (κ2) is 7.13. The van der Waals surface area contributed by atoms with E-state index in [0.29, 0.717) is 0 Å². The number of carbonyl (C=O) groups is 2. The maximum Gasteiger partial charge on any atom is 0.434 e. The van der Waals surface area contributed by atoms with Crippen LogP contribution in [0.15, 0.2) is 30.3 Å². The number of ether oxygens (including phenoxy) is 2. The number of nitrogens with zero attached hydrogens (tertiary/aromatic N) is 2. The second-order valence-corrected chi connectivity index (χ2v) is 7.42. The summed E-state index contributed by atoms with van der Waals surface area (Å²) < 4.78 is 10.6. The molecule has 1 N–H and O–H groups in total. The molecule has 0 bridgehead atoms. The summed E-state index contributed by atoms with van der Waals surface area (Å²) in [6.07, 6.45) is -2.15. The molecule has 2 aliphatic rings. The highest BCUT2D eigenvalue weighted by atomic mass is 16.7. The second-order valence-electron chi connectivity index (χ2n) is 7.42. The van der Waals surface area contributed by atoms with Gasteiger partial charge in [-0.05, 0) is 26.3 Å². The predicted molar refractivity (Wildman–Crippen MR) is 90.9 cm³/mol. The summed E-state index contributed by atoms with van der Waals surface area (Å²) in [5.41, 5.74) is 0.201. The highest BCUT2D eigenvalue weighted by Crippen LogP contribution is 2.31. The number of rotatable bonds is 2. The van der Waals surface area contributed by atoms with Gasteiger partial charge >= 0.3 is 12.2 Å². The first-order chi connectivity index (χ1) is 12.3. The van der Waals surface area contributed by atoms with E-state index < -0.39 is 36.0 Å². The van der Waals surface area contributed by atoms with E-state index in [2.05, 4.69) is 0 Å². The van der Waals surface area contributed by atoms with Crippen LogP contribution in [0.5, 0.6) is 0 Å². The fraction of sp³-hybridized carbons (Fsp3) is 0.556. The first kappa shape index (κ1) is 18.5. The lowest BCUT2D eigenvalue weighted by atomic mass is 10.1. The third-order valence-corrected chi connectivity index (χ3v) is 4.24. The van der Waals surface area contributed by atoms with Crippen molar-refractivity contribution in [1.29, 1.82) is 0 Å². The summed E-state index contributed by atoms with van der Waals surface area (Å²) in [5.74, 6) is 0. The maximum atomic E-state index is 12.3. The van der Waals surface area contributed by atoms with Gasteiger partial charge in [-0.25, -0.2) is 9.59 Å². The number of β-amino-alcohol motifs (C(OH)–C–C–N with tert-alkyl or cyclic N) is 1. The Morgan fingerprint density at radius 2 is 1.92 bits per heavy atom. The molecule has 1 unspecified atom stereocenters. The minimum Gasteiger partial charge on any atom is -0.444 e. The van der Waals surface area contributed by atoms with Crippen LogP contribution in [0.3, 0.4) is 0 Å². The predicted octanol–water partition coefficient (Wildman–Crippen LogP) is 1.92. The average molecular weight is 364 g/mol. The third-order valence-electron chi connectivity index (χ3n) is 4.24. The van der Waals surface area contributed by atoms with Crippen LogP contribution in [-0.4, -0.2) is 64.2 Å². The van der Waals surface area contributed by atoms with Crippen LogP contribution in [0, 0.1) is 0 Å². The molecule has 2 aliphatic heterocycles. The minimum absolute atomic E-state index is 0.0794. The van der Waals surface area contributed by atoms with Gasteiger partial charge in [0.1, 0.15) is 18.2 Å². The summed E-state index contributed by atoms with van der Waals surface area (Å²) in [5, 5.41) is 11.4. The van der Waals surface area contributed by atoms with E-state index in [1.165, 1.54) is 4.90 Å². The molecule has 1 aromatic rings. The maximum absolute atomic E-state index is 12.3. The van der Waals surface area contributed by atoms with Gasteiger partial charge in [-0.1, -0.05) is 30.3 Å². The van der Waals surface area contributed by atoms with Crippen LogP contribution in [0.2, 0.25) is 0 Å². The molecule has 26 heavy (non-hydrogen) atoms. The Morgan fingerprint density at radius 3 is 2.58 bits per heavy atom. The molecule has 0 saturated carbocycles. The van der Waals surface area contributed by atoms with E-state index in [4.69, 9.17) is 14.3 Å². The summed E-state index contributed by atoms with van der Waals surface area (Å²) in [4.78, 5) is 31.5. The Morgan fingerprint density at radius 1 is 1.23 bits per heavy atom. The molecule has 3 rings (SSSR count). The molecule has 2 saturated heterocycles. The molecule has 8 nitrogen and oxygen atoms in total. The van der Waals surface area contributed by atoms with E-state index in [9.17, 15) is 14.7 Å². The van der Waals surface area contributed by atoms with Gasteiger partial charge in [-0.15, -0.1) is 0 Å². The molecular weight excluding hydrogens is 340 g/mol. The van der Waals surface area contributed by atoms with E-state index >= 15 is 0 Å². The normalized spacial score (nSPS) is 25.2. The quantitative estimate of drug-likeness (QED) is 0.862. The number of amides is 2. The van der Waals surface area contributed by atoms with Gasteiger partial charge in [0.05, 0.1) is 25.3 Å². The highest BCUT2D eigenvalue weighted by molar-refractivity contribution is 5.71. The number of aliphatic hydroxyl groups excluding tert-OH is 1. The van der Waals surface area contributed by atoms with Gasteiger partial charge in [0.15, 0.2) is 0 Å². The van der Waals surface area contributed by atoms with Gasteiger partial charge in [0.25, 0.3) is 0 Å². The molecule has 1 aromatic carbocycles. The average Bonchev–Trinajstić information content (AvgIpc) is 3.14. The zero-order valence-electron chi connectivity index (χ0n) is 15.1. The lowest BCUT2D eigenvalue weighted by molar-refractivity contribution is -0.129. The van der Waals surface area contributed by atoms with Gasteiger partial charge in [0, 0.05) is 0 Å². The van der Waals surface area contributed by atoms with Crippen LogP contribution in [-0.2, 0) is 20.9 Å². The third kappa shape index (κ3) is 3.91. The zero-order valence-corrected chi connectivity index (χ0v) is 15.1. The van der Waals surface area contributed by atoms with Crippen LogP contribution >= 0.6 is 0 Å². The summed E-state index contributed by atoms with van der Waals surface area (Å²) in [6, 6.07) is 8.12. The molecule has 0 aromatic heterocycles. The number of hydrogen-bond acceptors (Lipinski definition) is 6. The van der Waals surface area contributed by atoms with E-state index in [-0.39, 0.29) is 19.8 Å². The molecule has 8 heteroatoms. The molecule has 0 aliphatic carbocycles. The van der Waals surface area contributed by atoms with E-state index in [0.717, 1.165) is 10.6 Å². The van der Waals surface area contributed by atoms with E-state index in [1.807, 2.05) is 30.3 Å². The molecule has 0 spiro atoms. The van der Waals surface area contributed by atoms with Crippen molar-refractivity contribution in [3.63, 3.8) is 0 Å². The van der Waals surface area contributed by atoms with Crippen molar-refractivity contribution in [2.24, 2.45) is 0 Å². The van der Waals surface area contributed by atoms with E-state index in [1.54, 1.807) is 20.8 Å². The number of likely N-dealkylation sites (tertiary alicyclic amines) is 1. The monoisotopic (exact) mass is 364 g/mol. The fourth-order valence-corrected chi connectivity index (χ4v) is 3.12. The topological polar surface area (TPSA) is 88.5 Å². The van der Waals surface area contributed by atoms with Crippen molar-refractivity contribution in [1.82, 2.24) is 9.96 Å². The van der Waals surface area contributed by atoms with Crippen molar-refractivity contribution in [3.05, 3.63) is 35.9 Å². The van der Waals surface area contributed by atoms with Crippen molar-refractivity contribution in [2.45, 2.75) is 51.2 Å². The number of hydroxylamine groups is 2. The Balaban J connectivity index is 1.62. The van der Waals surface area contributed by atoms with Crippen LogP contribution in [0.1, 0.15) is 26.3 Å². The Hall–Kier alpha value is -2.32. The number of fused-ring (bicyclic) bond motifs is 1. The smallest absolute Gasteiger partial charge is 0.434 e. The number of carbonyl (C=O) groups excluding carboxylic acids is 2. The van der Waals surface area contributed by atoms with Crippen LogP contribution in [0.25, 0.3) is 0 Å². The van der Waals surface area contributed by atoms with Crippen molar-refractivity contribution >= 4 is 12.2 Å². The van der Waals surface area contributed by atoms with Gasteiger partial charge in [-0.3, -0.25) is 9.74 Å². The summed E-state index contributed by atoms with van der Waals surface area (Å²) >= 11 is 0. The Kier molecular flexibility index (Phi) is 5.06. The Labute approximate surface area is 152 Å². The molecule has 2 heterocycles. The minimum atomic E-state index is -0.931. The van der Waals surface area contributed by atoms with Crippen LogP contribution in [0.4, 0.5) is 9.59 Å². The number of aliphatic hydroxyl groups is 1. The Bertz CT molecular complexity index is 659. The number of hydrogen-bond donors (Lipinski definition) is 1. The van der Waals surface area contributed by atoms with Crippen molar-refractivity contribution in [2.75, 3.05) is 13.2 Å². The molecule has 0 radical (unpaired) electrons. The molecular formula is C18H24N2O6. The first-order valence-electron chi connectivity index (χ1n) is 8.57. The largest absolute Gasteiger partial charge is 0.444 e. The zero-order chi connectivity index (χ0) is 18.9. The fourth-order valence-electron chi connectivity index (χ4n) is 3.12. The van der Waals surface area contributed by atoms with Crippen LogP contribution < -0.4 is 0 Å². The standard InChI is InChI=1S/C18H24N2O6/c1-18(2,3)26-16(22)19-9-14(21)15-13(19)11-25-20(15)17(23)24-10-12-7-5-4-6-8-12/h4-8,13-15,21H,9-11H2,1-3H3/t13-,14?,15+/m1/s1. The lowest BCUT2D eigenvalue weighted by Gasteiger charge is -2.26. The summed E-state index contributed by atoms with van der Waals surface area (Å²) in [6.45, 7) is 5.59.